The number of aliphatic hydroxyl groups is 1. The smallest absolute Gasteiger partial charge is 0.387 e. The molecule has 1 unspecified atom stereocenters. The van der Waals surface area contributed by atoms with Gasteiger partial charge in [-0.1, -0.05) is 24.3 Å². The topological polar surface area (TPSA) is 69.1 Å². The van der Waals surface area contributed by atoms with Gasteiger partial charge in [0.1, 0.15) is 5.75 Å². The highest BCUT2D eigenvalue weighted by atomic mass is 127. The van der Waals surface area contributed by atoms with E-state index in [1.54, 1.807) is 12.1 Å². The summed E-state index contributed by atoms with van der Waals surface area (Å²) in [6.07, 6.45) is 2.03. The Labute approximate surface area is 205 Å². The zero-order valence-electron chi connectivity index (χ0n) is 18.1. The molecule has 32 heavy (non-hydrogen) atoms. The van der Waals surface area contributed by atoms with E-state index in [0.717, 1.165) is 55.2 Å². The van der Waals surface area contributed by atoms with Crippen LogP contribution in [0.3, 0.4) is 0 Å². The minimum atomic E-state index is -2.82. The van der Waals surface area contributed by atoms with E-state index >= 15 is 0 Å². The van der Waals surface area contributed by atoms with Crippen LogP contribution in [0, 0.1) is 0 Å². The Hall–Kier alpha value is -2.14. The number of aliphatic hydroxyl groups excluding tert-OH is 1. The van der Waals surface area contributed by atoms with Crippen LogP contribution in [0.4, 0.5) is 14.5 Å². The molecule has 1 fully saturated rings. The minimum Gasteiger partial charge on any atom is -0.435 e. The molecule has 1 saturated heterocycles. The maximum absolute atomic E-state index is 12.4. The van der Waals surface area contributed by atoms with Crippen LogP contribution in [0.25, 0.3) is 0 Å². The van der Waals surface area contributed by atoms with Crippen molar-refractivity contribution < 1.29 is 18.6 Å². The summed E-state index contributed by atoms with van der Waals surface area (Å²) in [4.78, 5) is 6.93. The fourth-order valence-corrected chi connectivity index (χ4v) is 3.71. The second-order valence-electron chi connectivity index (χ2n) is 7.42. The van der Waals surface area contributed by atoms with Gasteiger partial charge in [-0.15, -0.1) is 24.0 Å². The number of halogens is 3. The van der Waals surface area contributed by atoms with Crippen molar-refractivity contribution in [3.8, 4) is 5.75 Å². The van der Waals surface area contributed by atoms with Gasteiger partial charge in [-0.05, 0) is 55.2 Å². The van der Waals surface area contributed by atoms with Crippen molar-refractivity contribution in [1.29, 1.82) is 0 Å². The van der Waals surface area contributed by atoms with Gasteiger partial charge in [0.2, 0.25) is 0 Å². The average Bonchev–Trinajstić information content (AvgIpc) is 2.78. The molecule has 2 aromatic carbocycles. The van der Waals surface area contributed by atoms with Gasteiger partial charge in [-0.3, -0.25) is 0 Å². The molecule has 3 N–H and O–H groups in total. The quantitative estimate of drug-likeness (QED) is 0.258. The van der Waals surface area contributed by atoms with Crippen LogP contribution in [0.5, 0.6) is 5.75 Å². The largest absolute Gasteiger partial charge is 0.435 e. The lowest BCUT2D eigenvalue weighted by Crippen LogP contribution is -2.51. The minimum absolute atomic E-state index is 0. The molecular formula is C23H31F2IN4O2. The van der Waals surface area contributed by atoms with Crippen LogP contribution < -0.4 is 20.3 Å². The molecule has 0 radical (unpaired) electrons. The predicted octanol–water partition coefficient (Wildman–Crippen LogP) is 4.12. The van der Waals surface area contributed by atoms with E-state index in [4.69, 9.17) is 4.99 Å². The van der Waals surface area contributed by atoms with Crippen LogP contribution in [-0.4, -0.2) is 43.4 Å². The SMILES string of the molecule is CCNC(=NCc1ccccc1CO)NC1CCCN(c2ccc(OC(F)F)cc2)C1.I. The molecule has 176 valence electrons. The number of anilines is 1. The van der Waals surface area contributed by atoms with Gasteiger partial charge in [0.25, 0.3) is 0 Å². The molecule has 3 rings (SSSR count). The van der Waals surface area contributed by atoms with Gasteiger partial charge in [0.15, 0.2) is 5.96 Å². The first-order valence-corrected chi connectivity index (χ1v) is 10.6. The molecule has 0 amide bonds. The summed E-state index contributed by atoms with van der Waals surface area (Å²) < 4.78 is 29.1. The van der Waals surface area contributed by atoms with E-state index < -0.39 is 6.61 Å². The summed E-state index contributed by atoms with van der Waals surface area (Å²) in [7, 11) is 0. The number of nitrogens with one attached hydrogen (secondary N) is 2. The number of alkyl halides is 2. The summed E-state index contributed by atoms with van der Waals surface area (Å²) >= 11 is 0. The van der Waals surface area contributed by atoms with Crippen molar-refractivity contribution in [2.45, 2.75) is 45.6 Å². The van der Waals surface area contributed by atoms with E-state index in [0.29, 0.717) is 6.54 Å². The molecule has 1 atom stereocenters. The Kier molecular flexibility index (Phi) is 10.9. The average molecular weight is 560 g/mol. The first kappa shape index (κ1) is 26.1. The van der Waals surface area contributed by atoms with Gasteiger partial charge in [0, 0.05) is 31.4 Å². The predicted molar refractivity (Wildman–Crippen MR) is 134 cm³/mol. The number of guanidine groups is 1. The second kappa shape index (κ2) is 13.4. The van der Waals surface area contributed by atoms with Crippen LogP contribution in [-0.2, 0) is 13.2 Å². The fraction of sp³-hybridized carbons (Fsp3) is 0.435. The summed E-state index contributed by atoms with van der Waals surface area (Å²) in [5.74, 6) is 0.901. The Bertz CT molecular complexity index is 852. The molecule has 1 aliphatic rings. The normalized spacial score (nSPS) is 16.5. The van der Waals surface area contributed by atoms with Gasteiger partial charge in [-0.2, -0.15) is 8.78 Å². The first-order chi connectivity index (χ1) is 15.1. The van der Waals surface area contributed by atoms with E-state index in [1.807, 2.05) is 43.3 Å². The summed E-state index contributed by atoms with van der Waals surface area (Å²) in [6, 6.07) is 14.7. The number of hydrogen-bond donors (Lipinski definition) is 3. The lowest BCUT2D eigenvalue weighted by molar-refractivity contribution is -0.0498. The number of rotatable bonds is 8. The monoisotopic (exact) mass is 560 g/mol. The molecule has 1 aliphatic heterocycles. The van der Waals surface area contributed by atoms with E-state index in [2.05, 4.69) is 20.3 Å². The fourth-order valence-electron chi connectivity index (χ4n) is 3.71. The third-order valence-corrected chi connectivity index (χ3v) is 5.23. The lowest BCUT2D eigenvalue weighted by Gasteiger charge is -2.35. The van der Waals surface area contributed by atoms with Crippen molar-refractivity contribution >= 4 is 35.6 Å². The highest BCUT2D eigenvalue weighted by Gasteiger charge is 2.21. The van der Waals surface area contributed by atoms with Crippen molar-refractivity contribution in [1.82, 2.24) is 10.6 Å². The molecule has 2 aromatic rings. The number of benzene rings is 2. The molecule has 9 heteroatoms. The Morgan fingerprint density at radius 1 is 1.19 bits per heavy atom. The maximum atomic E-state index is 12.4. The highest BCUT2D eigenvalue weighted by molar-refractivity contribution is 14.0. The van der Waals surface area contributed by atoms with Crippen LogP contribution in [0.15, 0.2) is 53.5 Å². The maximum Gasteiger partial charge on any atom is 0.387 e. The van der Waals surface area contributed by atoms with Crippen molar-refractivity contribution in [3.63, 3.8) is 0 Å². The molecule has 1 heterocycles. The van der Waals surface area contributed by atoms with Gasteiger partial charge < -0.3 is 25.4 Å². The number of piperidine rings is 1. The zero-order valence-corrected chi connectivity index (χ0v) is 20.5. The van der Waals surface area contributed by atoms with Crippen LogP contribution in [0.1, 0.15) is 30.9 Å². The van der Waals surface area contributed by atoms with E-state index in [-0.39, 0.29) is 42.4 Å². The Morgan fingerprint density at radius 2 is 1.91 bits per heavy atom. The Morgan fingerprint density at radius 3 is 2.56 bits per heavy atom. The number of aliphatic imine (C=N–C) groups is 1. The molecular weight excluding hydrogens is 529 g/mol. The molecule has 0 aromatic heterocycles. The summed E-state index contributed by atoms with van der Waals surface area (Å²) in [5.41, 5.74) is 2.86. The molecule has 0 spiro atoms. The van der Waals surface area contributed by atoms with Crippen LogP contribution >= 0.6 is 24.0 Å². The first-order valence-electron chi connectivity index (χ1n) is 10.6. The molecule has 0 saturated carbocycles. The van der Waals surface area contributed by atoms with Crippen molar-refractivity contribution in [2.24, 2.45) is 4.99 Å². The Balaban J connectivity index is 0.00000363. The molecule has 6 nitrogen and oxygen atoms in total. The second-order valence-corrected chi connectivity index (χ2v) is 7.42. The van der Waals surface area contributed by atoms with Crippen molar-refractivity contribution in [3.05, 3.63) is 59.7 Å². The standard InChI is InChI=1S/C23H30F2N4O2.HI/c1-2-26-23(27-14-17-6-3-4-7-18(17)16-30)28-19-8-5-13-29(15-19)20-9-11-21(12-10-20)31-22(24)25;/h3-4,6-7,9-12,19,22,30H,2,5,8,13-16H2,1H3,(H2,26,27,28);1H. The number of hydrogen-bond acceptors (Lipinski definition) is 4. The van der Waals surface area contributed by atoms with Crippen LogP contribution in [0.2, 0.25) is 0 Å². The van der Waals surface area contributed by atoms with Gasteiger partial charge in [-0.25, -0.2) is 4.99 Å². The lowest BCUT2D eigenvalue weighted by atomic mass is 10.0. The molecule has 0 bridgehead atoms. The highest BCUT2D eigenvalue weighted by Crippen LogP contribution is 2.24. The van der Waals surface area contributed by atoms with Gasteiger partial charge in [0.05, 0.1) is 13.2 Å². The summed E-state index contributed by atoms with van der Waals surface area (Å²) in [5, 5.41) is 16.3. The third kappa shape index (κ3) is 7.77. The van der Waals surface area contributed by atoms with Gasteiger partial charge >= 0.3 is 6.61 Å². The zero-order chi connectivity index (χ0) is 22.1. The number of ether oxygens (including phenoxy) is 1. The van der Waals surface area contributed by atoms with E-state index in [9.17, 15) is 13.9 Å². The van der Waals surface area contributed by atoms with E-state index in [1.165, 1.54) is 0 Å². The third-order valence-electron chi connectivity index (χ3n) is 5.23. The number of nitrogens with zero attached hydrogens (tertiary/aromatic N) is 2. The summed E-state index contributed by atoms with van der Waals surface area (Å²) in [6.45, 7) is 2.12. The molecule has 0 aliphatic carbocycles. The van der Waals surface area contributed by atoms with Crippen molar-refractivity contribution in [2.75, 3.05) is 24.5 Å².